The van der Waals surface area contributed by atoms with Crippen molar-refractivity contribution in [3.05, 3.63) is 98.6 Å². The van der Waals surface area contributed by atoms with E-state index in [1.54, 1.807) is 54.6 Å². The molecule has 0 spiro atoms. The minimum atomic E-state index is -0.572. The number of hydrogen-bond donors (Lipinski definition) is 1. The molecule has 1 N–H and O–H groups in total. The molecule has 0 aliphatic heterocycles. The average molecular weight is 464 g/mol. The fourth-order valence-electron chi connectivity index (χ4n) is 2.85. The third-order valence-corrected chi connectivity index (χ3v) is 4.72. The number of carbonyl (C=O) groups is 1. The molecule has 3 aromatic carbocycles. The summed E-state index contributed by atoms with van der Waals surface area (Å²) in [6, 6.07) is 19.5. The van der Waals surface area contributed by atoms with E-state index in [0.29, 0.717) is 27.8 Å². The quantitative estimate of drug-likeness (QED) is 0.207. The van der Waals surface area contributed by atoms with Crippen molar-refractivity contribution in [2.24, 2.45) is 0 Å². The summed E-state index contributed by atoms with van der Waals surface area (Å²) in [6.45, 7) is 0.176. The van der Waals surface area contributed by atoms with Crippen molar-refractivity contribution < 1.29 is 19.2 Å². The summed E-state index contributed by atoms with van der Waals surface area (Å²) in [5.41, 5.74) is 1.68. The molecule has 3 rings (SSSR count). The number of hydrogen-bond acceptors (Lipinski definition) is 6. The van der Waals surface area contributed by atoms with Crippen molar-refractivity contribution >= 4 is 35.0 Å². The average Bonchev–Trinajstić information content (AvgIpc) is 2.81. The van der Waals surface area contributed by atoms with Crippen molar-refractivity contribution in [2.75, 3.05) is 12.4 Å². The number of benzene rings is 3. The van der Waals surface area contributed by atoms with Gasteiger partial charge in [0.2, 0.25) is 0 Å². The van der Waals surface area contributed by atoms with Gasteiger partial charge in [-0.05, 0) is 59.7 Å². The normalized spacial score (nSPS) is 10.8. The minimum absolute atomic E-state index is 0.000154. The lowest BCUT2D eigenvalue weighted by molar-refractivity contribution is -0.384. The Morgan fingerprint density at radius 3 is 2.55 bits per heavy atom. The highest BCUT2D eigenvalue weighted by Crippen LogP contribution is 2.30. The number of rotatable bonds is 8. The molecule has 0 heterocycles. The Hall–Kier alpha value is -4.35. The van der Waals surface area contributed by atoms with Crippen molar-refractivity contribution in [3.63, 3.8) is 0 Å². The second kappa shape index (κ2) is 10.8. The highest BCUT2D eigenvalue weighted by Gasteiger charge is 2.12. The summed E-state index contributed by atoms with van der Waals surface area (Å²) in [5, 5.41) is 23.3. The zero-order valence-corrected chi connectivity index (χ0v) is 18.2. The fourth-order valence-corrected chi connectivity index (χ4v) is 3.04. The van der Waals surface area contributed by atoms with Crippen LogP contribution < -0.4 is 14.8 Å². The van der Waals surface area contributed by atoms with Crippen LogP contribution in [0.2, 0.25) is 5.02 Å². The third-order valence-electron chi connectivity index (χ3n) is 4.49. The van der Waals surface area contributed by atoms with Gasteiger partial charge in [-0.15, -0.1) is 0 Å². The van der Waals surface area contributed by atoms with Gasteiger partial charge in [0.05, 0.1) is 12.0 Å². The zero-order chi connectivity index (χ0) is 23.8. The van der Waals surface area contributed by atoms with Crippen LogP contribution >= 0.6 is 11.6 Å². The van der Waals surface area contributed by atoms with Gasteiger partial charge in [-0.1, -0.05) is 23.7 Å². The number of amides is 1. The molecule has 166 valence electrons. The van der Waals surface area contributed by atoms with E-state index in [2.05, 4.69) is 5.32 Å². The van der Waals surface area contributed by atoms with Crippen LogP contribution in [0, 0.1) is 21.4 Å². The smallest absolute Gasteiger partial charge is 0.269 e. The zero-order valence-electron chi connectivity index (χ0n) is 17.4. The van der Waals surface area contributed by atoms with Crippen LogP contribution in [0.4, 0.5) is 11.4 Å². The molecule has 0 saturated heterocycles. The van der Waals surface area contributed by atoms with Crippen LogP contribution in [0.1, 0.15) is 11.1 Å². The molecule has 0 aromatic heterocycles. The van der Waals surface area contributed by atoms with Gasteiger partial charge in [0.1, 0.15) is 18.2 Å². The molecule has 33 heavy (non-hydrogen) atoms. The number of anilines is 1. The Balaban J connectivity index is 1.73. The summed E-state index contributed by atoms with van der Waals surface area (Å²) in [6.07, 6.45) is 1.43. The molecule has 8 nitrogen and oxygen atoms in total. The Bertz CT molecular complexity index is 1250. The highest BCUT2D eigenvalue weighted by molar-refractivity contribution is 6.31. The van der Waals surface area contributed by atoms with Crippen LogP contribution in [0.5, 0.6) is 11.5 Å². The molecule has 9 heteroatoms. The van der Waals surface area contributed by atoms with E-state index < -0.39 is 10.8 Å². The Labute approximate surface area is 194 Å². The number of halogens is 1. The van der Waals surface area contributed by atoms with Crippen molar-refractivity contribution in [1.82, 2.24) is 0 Å². The van der Waals surface area contributed by atoms with Crippen molar-refractivity contribution in [1.29, 1.82) is 5.26 Å². The molecule has 0 radical (unpaired) electrons. The standard InChI is InChI=1S/C24H18ClN3O5/c1-32-23-12-17(11-18(14-26)24(29)27-20-4-2-3-19(25)13-20)7-10-22(23)33-15-16-5-8-21(9-6-16)28(30)31/h2-13H,15H2,1H3,(H,27,29)/b18-11-. The third kappa shape index (κ3) is 6.32. The Kier molecular flexibility index (Phi) is 7.63. The first-order valence-electron chi connectivity index (χ1n) is 9.62. The lowest BCUT2D eigenvalue weighted by Gasteiger charge is -2.12. The van der Waals surface area contributed by atoms with E-state index in [9.17, 15) is 20.2 Å². The summed E-state index contributed by atoms with van der Waals surface area (Å²) in [7, 11) is 1.47. The molecule has 0 atom stereocenters. The lowest BCUT2D eigenvalue weighted by Crippen LogP contribution is -2.13. The number of nitro benzene ring substituents is 1. The van der Waals surface area contributed by atoms with Gasteiger partial charge >= 0.3 is 0 Å². The molecule has 0 bridgehead atoms. The molecule has 0 aliphatic carbocycles. The Morgan fingerprint density at radius 2 is 1.91 bits per heavy atom. The van der Waals surface area contributed by atoms with E-state index in [-0.39, 0.29) is 17.9 Å². The lowest BCUT2D eigenvalue weighted by atomic mass is 10.1. The number of carbonyl (C=O) groups excluding carboxylic acids is 1. The fraction of sp³-hybridized carbons (Fsp3) is 0.0833. The van der Waals surface area contributed by atoms with E-state index in [1.807, 2.05) is 6.07 Å². The predicted molar refractivity (Wildman–Crippen MR) is 124 cm³/mol. The number of ether oxygens (including phenoxy) is 2. The summed E-state index contributed by atoms with van der Waals surface area (Å²) in [5.74, 6) is 0.269. The van der Waals surface area contributed by atoms with Crippen LogP contribution in [0.15, 0.2) is 72.3 Å². The summed E-state index contributed by atoms with van der Waals surface area (Å²) in [4.78, 5) is 22.8. The Morgan fingerprint density at radius 1 is 1.15 bits per heavy atom. The molecule has 1 amide bonds. The minimum Gasteiger partial charge on any atom is -0.493 e. The second-order valence-electron chi connectivity index (χ2n) is 6.76. The molecule has 0 saturated carbocycles. The van der Waals surface area contributed by atoms with Gasteiger partial charge in [0.25, 0.3) is 11.6 Å². The predicted octanol–water partition coefficient (Wildman–Crippen LogP) is 5.38. The van der Waals surface area contributed by atoms with Gasteiger partial charge in [0.15, 0.2) is 11.5 Å². The monoisotopic (exact) mass is 463 g/mol. The second-order valence-corrected chi connectivity index (χ2v) is 7.19. The van der Waals surface area contributed by atoms with Gasteiger partial charge < -0.3 is 14.8 Å². The number of non-ortho nitro benzene ring substituents is 1. The van der Waals surface area contributed by atoms with Crippen LogP contribution in [-0.4, -0.2) is 17.9 Å². The van der Waals surface area contributed by atoms with E-state index in [4.69, 9.17) is 21.1 Å². The van der Waals surface area contributed by atoms with Crippen LogP contribution in [-0.2, 0) is 11.4 Å². The maximum absolute atomic E-state index is 12.5. The van der Waals surface area contributed by atoms with Gasteiger partial charge in [-0.3, -0.25) is 14.9 Å². The summed E-state index contributed by atoms with van der Waals surface area (Å²) < 4.78 is 11.1. The van der Waals surface area contributed by atoms with E-state index in [1.165, 1.54) is 25.3 Å². The number of nitrogens with one attached hydrogen (secondary N) is 1. The van der Waals surface area contributed by atoms with Gasteiger partial charge in [-0.2, -0.15) is 5.26 Å². The first kappa shape index (κ1) is 23.3. The SMILES string of the molecule is COc1cc(/C=C(/C#N)C(=O)Nc2cccc(Cl)c2)ccc1OCc1ccc([N+](=O)[O-])cc1. The number of nitrogens with zero attached hydrogens (tertiary/aromatic N) is 2. The van der Waals surface area contributed by atoms with E-state index >= 15 is 0 Å². The molecule has 0 unspecified atom stereocenters. The maximum atomic E-state index is 12.5. The van der Waals surface area contributed by atoms with Gasteiger partial charge in [-0.25, -0.2) is 0 Å². The molecule has 0 fully saturated rings. The number of nitro groups is 1. The van der Waals surface area contributed by atoms with Crippen LogP contribution in [0.3, 0.4) is 0 Å². The summed E-state index contributed by atoms with van der Waals surface area (Å²) >= 11 is 5.92. The topological polar surface area (TPSA) is 114 Å². The molecular formula is C24H18ClN3O5. The first-order chi connectivity index (χ1) is 15.9. The number of methoxy groups -OCH3 is 1. The number of nitriles is 1. The molecular weight excluding hydrogens is 446 g/mol. The van der Waals surface area contributed by atoms with E-state index in [0.717, 1.165) is 5.56 Å². The first-order valence-corrected chi connectivity index (χ1v) is 10.0. The van der Waals surface area contributed by atoms with Crippen molar-refractivity contribution in [3.8, 4) is 17.6 Å². The maximum Gasteiger partial charge on any atom is 0.269 e. The van der Waals surface area contributed by atoms with Crippen LogP contribution in [0.25, 0.3) is 6.08 Å². The van der Waals surface area contributed by atoms with Crippen molar-refractivity contribution in [2.45, 2.75) is 6.61 Å². The largest absolute Gasteiger partial charge is 0.493 e. The van der Waals surface area contributed by atoms with Gasteiger partial charge in [0, 0.05) is 22.8 Å². The molecule has 3 aromatic rings. The highest BCUT2D eigenvalue weighted by atomic mass is 35.5. The molecule has 0 aliphatic rings.